The summed E-state index contributed by atoms with van der Waals surface area (Å²) in [6, 6.07) is 0. The predicted octanol–water partition coefficient (Wildman–Crippen LogP) is 3.46. The summed E-state index contributed by atoms with van der Waals surface area (Å²) in [5, 5.41) is 0. The summed E-state index contributed by atoms with van der Waals surface area (Å²) in [4.78, 5) is 0. The van der Waals surface area contributed by atoms with Gasteiger partial charge in [0.05, 0.1) is 5.83 Å². The molecule has 1 aliphatic rings. The van der Waals surface area contributed by atoms with Gasteiger partial charge in [0, 0.05) is 13.7 Å². The summed E-state index contributed by atoms with van der Waals surface area (Å²) in [5.41, 5.74) is 0. The minimum Gasteiger partial charge on any atom is -0.385 e. The van der Waals surface area contributed by atoms with Crippen LogP contribution in [0.2, 0.25) is 0 Å². The van der Waals surface area contributed by atoms with Gasteiger partial charge in [-0.15, -0.1) is 0 Å². The Hall–Kier alpha value is -0.370. The zero-order valence-corrected chi connectivity index (χ0v) is 8.39. The van der Waals surface area contributed by atoms with Crippen molar-refractivity contribution in [3.05, 3.63) is 11.9 Å². The molecule has 0 radical (unpaired) electrons. The average Bonchev–Trinajstić information content (AvgIpc) is 2.15. The number of rotatable bonds is 5. The van der Waals surface area contributed by atoms with E-state index in [0.29, 0.717) is 6.42 Å². The summed E-state index contributed by atoms with van der Waals surface area (Å²) in [5.74, 6) is 0.810. The van der Waals surface area contributed by atoms with Gasteiger partial charge < -0.3 is 4.74 Å². The molecule has 1 nitrogen and oxygen atoms in total. The van der Waals surface area contributed by atoms with Crippen molar-refractivity contribution in [2.24, 2.45) is 5.92 Å². The Kier molecular flexibility index (Phi) is 5.06. The Morgan fingerprint density at radius 2 is 2.38 bits per heavy atom. The highest BCUT2D eigenvalue weighted by Crippen LogP contribution is 2.27. The number of hydrogen-bond acceptors (Lipinski definition) is 1. The van der Waals surface area contributed by atoms with Gasteiger partial charge in [-0.25, -0.2) is 4.39 Å². The van der Waals surface area contributed by atoms with Gasteiger partial charge in [0.25, 0.3) is 0 Å². The van der Waals surface area contributed by atoms with Crippen molar-refractivity contribution >= 4 is 0 Å². The summed E-state index contributed by atoms with van der Waals surface area (Å²) in [6.45, 7) is 0.858. The van der Waals surface area contributed by atoms with Crippen molar-refractivity contribution < 1.29 is 9.13 Å². The van der Waals surface area contributed by atoms with Crippen molar-refractivity contribution in [3.63, 3.8) is 0 Å². The molecule has 1 rings (SSSR count). The highest BCUT2D eigenvalue weighted by Gasteiger charge is 2.13. The SMILES string of the molecule is COCCCCC1CC=C(F)CC1. The summed E-state index contributed by atoms with van der Waals surface area (Å²) >= 11 is 0. The lowest BCUT2D eigenvalue weighted by atomic mass is 9.89. The molecule has 0 aromatic carbocycles. The lowest BCUT2D eigenvalue weighted by molar-refractivity contribution is 0.189. The molecule has 0 saturated heterocycles. The molecule has 1 atom stereocenters. The van der Waals surface area contributed by atoms with Gasteiger partial charge in [-0.3, -0.25) is 0 Å². The van der Waals surface area contributed by atoms with Crippen LogP contribution in [-0.4, -0.2) is 13.7 Å². The topological polar surface area (TPSA) is 9.23 Å². The van der Waals surface area contributed by atoms with E-state index in [0.717, 1.165) is 31.8 Å². The van der Waals surface area contributed by atoms with E-state index in [1.807, 2.05) is 0 Å². The third kappa shape index (κ3) is 4.41. The number of halogens is 1. The minimum absolute atomic E-state index is 0.0909. The van der Waals surface area contributed by atoms with Gasteiger partial charge >= 0.3 is 0 Å². The molecule has 0 spiro atoms. The first-order valence-electron chi connectivity index (χ1n) is 5.16. The molecule has 0 fully saturated rings. The summed E-state index contributed by atoms with van der Waals surface area (Å²) < 4.78 is 17.6. The van der Waals surface area contributed by atoms with Crippen LogP contribution >= 0.6 is 0 Å². The number of allylic oxidation sites excluding steroid dienone is 2. The normalized spacial score (nSPS) is 22.9. The summed E-state index contributed by atoms with van der Waals surface area (Å²) in [6.07, 6.45) is 7.98. The minimum atomic E-state index is 0.0909. The number of ether oxygens (including phenoxy) is 1. The molecule has 0 N–H and O–H groups in total. The molecule has 76 valence electrons. The van der Waals surface area contributed by atoms with Crippen molar-refractivity contribution in [3.8, 4) is 0 Å². The van der Waals surface area contributed by atoms with Gasteiger partial charge in [-0.1, -0.05) is 18.9 Å². The fourth-order valence-electron chi connectivity index (χ4n) is 1.80. The maximum absolute atomic E-state index is 12.6. The van der Waals surface area contributed by atoms with E-state index in [1.165, 1.54) is 12.8 Å². The highest BCUT2D eigenvalue weighted by molar-refractivity contribution is 4.97. The quantitative estimate of drug-likeness (QED) is 0.597. The average molecular weight is 186 g/mol. The van der Waals surface area contributed by atoms with Gasteiger partial charge in [-0.2, -0.15) is 0 Å². The van der Waals surface area contributed by atoms with Crippen molar-refractivity contribution in [1.29, 1.82) is 0 Å². The van der Waals surface area contributed by atoms with Crippen LogP contribution in [0, 0.1) is 5.92 Å². The number of unbranched alkanes of at least 4 members (excludes halogenated alkanes) is 1. The van der Waals surface area contributed by atoms with Gasteiger partial charge in [0.2, 0.25) is 0 Å². The zero-order valence-electron chi connectivity index (χ0n) is 8.39. The molecule has 0 aromatic rings. The zero-order chi connectivity index (χ0) is 9.52. The van der Waals surface area contributed by atoms with Crippen molar-refractivity contribution in [1.82, 2.24) is 0 Å². The molecular weight excluding hydrogens is 167 g/mol. The molecule has 2 heteroatoms. The lowest BCUT2D eigenvalue weighted by Gasteiger charge is -2.18. The van der Waals surface area contributed by atoms with Crippen LogP contribution in [0.1, 0.15) is 38.5 Å². The van der Waals surface area contributed by atoms with Crippen LogP contribution in [0.15, 0.2) is 11.9 Å². The number of hydrogen-bond donors (Lipinski definition) is 0. The van der Waals surface area contributed by atoms with Crippen molar-refractivity contribution in [2.45, 2.75) is 38.5 Å². The first kappa shape index (κ1) is 10.7. The van der Waals surface area contributed by atoms with E-state index in [2.05, 4.69) is 0 Å². The van der Waals surface area contributed by atoms with Gasteiger partial charge in [0.1, 0.15) is 0 Å². The Balaban J connectivity index is 2.03. The highest BCUT2D eigenvalue weighted by atomic mass is 19.1. The Morgan fingerprint density at radius 1 is 1.54 bits per heavy atom. The smallest absolute Gasteiger partial charge is 0.0960 e. The first-order chi connectivity index (χ1) is 6.33. The van der Waals surface area contributed by atoms with E-state index in [-0.39, 0.29) is 5.83 Å². The molecular formula is C11H19FO. The third-order valence-electron chi connectivity index (χ3n) is 2.67. The van der Waals surface area contributed by atoms with Crippen molar-refractivity contribution in [2.75, 3.05) is 13.7 Å². The standard InChI is InChI=1S/C11H19FO/c1-13-9-3-2-4-10-5-7-11(12)8-6-10/h7,10H,2-6,8-9H2,1H3. The third-order valence-corrected chi connectivity index (χ3v) is 2.67. The van der Waals surface area contributed by atoms with Crippen LogP contribution in [0.5, 0.6) is 0 Å². The second-order valence-corrected chi connectivity index (χ2v) is 3.78. The molecule has 0 aromatic heterocycles. The second-order valence-electron chi connectivity index (χ2n) is 3.78. The Bertz CT molecular complexity index is 165. The van der Waals surface area contributed by atoms with E-state index in [9.17, 15) is 4.39 Å². The second kappa shape index (κ2) is 6.14. The molecule has 0 bridgehead atoms. The largest absolute Gasteiger partial charge is 0.385 e. The lowest BCUT2D eigenvalue weighted by Crippen LogP contribution is -2.04. The van der Waals surface area contributed by atoms with E-state index < -0.39 is 0 Å². The van der Waals surface area contributed by atoms with Crippen LogP contribution in [0.4, 0.5) is 4.39 Å². The van der Waals surface area contributed by atoms with E-state index >= 15 is 0 Å². The first-order valence-corrected chi connectivity index (χ1v) is 5.16. The van der Waals surface area contributed by atoms with Crippen LogP contribution in [0.3, 0.4) is 0 Å². The van der Waals surface area contributed by atoms with Crippen LogP contribution < -0.4 is 0 Å². The molecule has 0 heterocycles. The van der Waals surface area contributed by atoms with Gasteiger partial charge in [-0.05, 0) is 31.6 Å². The Morgan fingerprint density at radius 3 is 3.00 bits per heavy atom. The molecule has 0 amide bonds. The van der Waals surface area contributed by atoms with Gasteiger partial charge in [0.15, 0.2) is 0 Å². The molecule has 1 unspecified atom stereocenters. The maximum Gasteiger partial charge on any atom is 0.0960 e. The Labute approximate surface area is 80.0 Å². The van der Waals surface area contributed by atoms with Crippen LogP contribution in [0.25, 0.3) is 0 Å². The van der Waals surface area contributed by atoms with E-state index in [1.54, 1.807) is 13.2 Å². The monoisotopic (exact) mass is 186 g/mol. The predicted molar refractivity (Wildman–Crippen MR) is 52.3 cm³/mol. The number of methoxy groups -OCH3 is 1. The molecule has 13 heavy (non-hydrogen) atoms. The molecule has 0 aliphatic heterocycles. The molecule has 0 saturated carbocycles. The fourth-order valence-corrected chi connectivity index (χ4v) is 1.80. The van der Waals surface area contributed by atoms with Crippen LogP contribution in [-0.2, 0) is 4.74 Å². The van der Waals surface area contributed by atoms with E-state index in [4.69, 9.17) is 4.74 Å². The fraction of sp³-hybridized carbons (Fsp3) is 0.818. The summed E-state index contributed by atoms with van der Waals surface area (Å²) in [7, 11) is 1.73. The maximum atomic E-state index is 12.6. The molecule has 1 aliphatic carbocycles.